The molecule has 0 aliphatic carbocycles. The van der Waals surface area contributed by atoms with Gasteiger partial charge in [-0.05, 0) is 32.4 Å². The van der Waals surface area contributed by atoms with Gasteiger partial charge in [0.05, 0.1) is 0 Å². The molecule has 0 amide bonds. The van der Waals surface area contributed by atoms with Crippen LogP contribution in [0.1, 0.15) is 13.3 Å². The largest absolute Gasteiger partial charge is 0.389 e. The molecular formula is C8H16N2. The van der Waals surface area contributed by atoms with Crippen molar-refractivity contribution >= 4 is 0 Å². The predicted octanol–water partition coefficient (Wildman–Crippen LogP) is 0.719. The van der Waals surface area contributed by atoms with E-state index in [-0.39, 0.29) is 0 Å². The number of rotatable bonds is 3. The Kier molecular flexibility index (Phi) is 2.75. The topological polar surface area (TPSA) is 24.1 Å². The van der Waals surface area contributed by atoms with Crippen LogP contribution in [0.2, 0.25) is 0 Å². The van der Waals surface area contributed by atoms with Crippen LogP contribution in [0, 0.1) is 5.92 Å². The monoisotopic (exact) mass is 140 g/mol. The molecule has 1 rings (SSSR count). The van der Waals surface area contributed by atoms with Crippen LogP contribution in [0.3, 0.4) is 0 Å². The van der Waals surface area contributed by atoms with E-state index in [1.54, 1.807) is 0 Å². The lowest BCUT2D eigenvalue weighted by molar-refractivity contribution is 0.546. The summed E-state index contributed by atoms with van der Waals surface area (Å²) in [4.78, 5) is 0. The smallest absolute Gasteiger partial charge is 0.0184 e. The summed E-state index contributed by atoms with van der Waals surface area (Å²) in [6.45, 7) is 9.22. The van der Waals surface area contributed by atoms with Crippen LogP contribution in [0.15, 0.2) is 12.3 Å². The van der Waals surface area contributed by atoms with Gasteiger partial charge in [-0.3, -0.25) is 0 Å². The Labute approximate surface area is 62.7 Å². The SMILES string of the molecule is C=C(C)NCC1CCNC1. The van der Waals surface area contributed by atoms with E-state index in [9.17, 15) is 0 Å². The van der Waals surface area contributed by atoms with E-state index in [0.29, 0.717) is 0 Å². The fourth-order valence-electron chi connectivity index (χ4n) is 1.21. The molecule has 0 spiro atoms. The molecule has 1 atom stereocenters. The van der Waals surface area contributed by atoms with Gasteiger partial charge >= 0.3 is 0 Å². The molecule has 2 N–H and O–H groups in total. The van der Waals surface area contributed by atoms with Crippen LogP contribution in [0.4, 0.5) is 0 Å². The van der Waals surface area contributed by atoms with Crippen LogP contribution >= 0.6 is 0 Å². The summed E-state index contributed by atoms with van der Waals surface area (Å²) in [6.07, 6.45) is 1.31. The van der Waals surface area contributed by atoms with E-state index in [1.165, 1.54) is 19.5 Å². The zero-order valence-electron chi connectivity index (χ0n) is 6.61. The summed E-state index contributed by atoms with van der Waals surface area (Å²) >= 11 is 0. The third kappa shape index (κ3) is 2.40. The highest BCUT2D eigenvalue weighted by Gasteiger charge is 2.12. The molecular weight excluding hydrogens is 124 g/mol. The maximum Gasteiger partial charge on any atom is 0.0184 e. The summed E-state index contributed by atoms with van der Waals surface area (Å²) in [5.74, 6) is 0.816. The van der Waals surface area contributed by atoms with Gasteiger partial charge in [0, 0.05) is 12.2 Å². The Morgan fingerprint density at radius 2 is 2.60 bits per heavy atom. The average Bonchev–Trinajstić information content (AvgIpc) is 2.34. The zero-order chi connectivity index (χ0) is 7.40. The van der Waals surface area contributed by atoms with E-state index >= 15 is 0 Å². The minimum Gasteiger partial charge on any atom is -0.389 e. The van der Waals surface area contributed by atoms with Gasteiger partial charge in [-0.15, -0.1) is 0 Å². The second kappa shape index (κ2) is 3.62. The Hall–Kier alpha value is -0.500. The molecule has 58 valence electrons. The van der Waals surface area contributed by atoms with Crippen molar-refractivity contribution in [3.05, 3.63) is 12.3 Å². The molecule has 10 heavy (non-hydrogen) atoms. The van der Waals surface area contributed by atoms with Crippen molar-refractivity contribution < 1.29 is 0 Å². The average molecular weight is 140 g/mol. The number of nitrogens with one attached hydrogen (secondary N) is 2. The third-order valence-electron chi connectivity index (χ3n) is 1.85. The first-order valence-electron chi connectivity index (χ1n) is 3.89. The van der Waals surface area contributed by atoms with Crippen molar-refractivity contribution in [1.29, 1.82) is 0 Å². The van der Waals surface area contributed by atoms with E-state index in [0.717, 1.165) is 18.2 Å². The maximum absolute atomic E-state index is 3.78. The Morgan fingerprint density at radius 1 is 1.80 bits per heavy atom. The molecule has 1 fully saturated rings. The van der Waals surface area contributed by atoms with Crippen molar-refractivity contribution in [2.75, 3.05) is 19.6 Å². The minimum atomic E-state index is 0.816. The highest BCUT2D eigenvalue weighted by atomic mass is 14.9. The number of hydrogen-bond donors (Lipinski definition) is 2. The molecule has 0 bridgehead atoms. The van der Waals surface area contributed by atoms with Crippen LogP contribution in [0.25, 0.3) is 0 Å². The van der Waals surface area contributed by atoms with Gasteiger partial charge in [0.15, 0.2) is 0 Å². The summed E-state index contributed by atoms with van der Waals surface area (Å²) < 4.78 is 0. The van der Waals surface area contributed by atoms with Crippen LogP contribution < -0.4 is 10.6 Å². The van der Waals surface area contributed by atoms with Crippen LogP contribution in [-0.2, 0) is 0 Å². The van der Waals surface area contributed by atoms with Crippen molar-refractivity contribution in [3.63, 3.8) is 0 Å². The number of hydrogen-bond acceptors (Lipinski definition) is 2. The lowest BCUT2D eigenvalue weighted by atomic mass is 10.1. The zero-order valence-corrected chi connectivity index (χ0v) is 6.61. The predicted molar refractivity (Wildman–Crippen MR) is 43.8 cm³/mol. The van der Waals surface area contributed by atoms with Crippen LogP contribution in [0.5, 0.6) is 0 Å². The van der Waals surface area contributed by atoms with Crippen molar-refractivity contribution in [2.45, 2.75) is 13.3 Å². The molecule has 2 heteroatoms. The molecule has 0 saturated carbocycles. The first-order valence-corrected chi connectivity index (χ1v) is 3.89. The lowest BCUT2D eigenvalue weighted by Crippen LogP contribution is -2.22. The third-order valence-corrected chi connectivity index (χ3v) is 1.85. The second-order valence-corrected chi connectivity index (χ2v) is 3.02. The molecule has 1 aliphatic heterocycles. The van der Waals surface area contributed by atoms with Gasteiger partial charge in [-0.25, -0.2) is 0 Å². The van der Waals surface area contributed by atoms with Gasteiger partial charge in [0.1, 0.15) is 0 Å². The molecule has 0 aromatic heterocycles. The summed E-state index contributed by atoms with van der Waals surface area (Å²) in [7, 11) is 0. The molecule has 0 aromatic rings. The normalized spacial score (nSPS) is 24.7. The number of allylic oxidation sites excluding steroid dienone is 1. The van der Waals surface area contributed by atoms with Crippen molar-refractivity contribution in [1.82, 2.24) is 10.6 Å². The van der Waals surface area contributed by atoms with Crippen molar-refractivity contribution in [3.8, 4) is 0 Å². The van der Waals surface area contributed by atoms with Crippen molar-refractivity contribution in [2.24, 2.45) is 5.92 Å². The van der Waals surface area contributed by atoms with Crippen LogP contribution in [-0.4, -0.2) is 19.6 Å². The molecule has 2 nitrogen and oxygen atoms in total. The fraction of sp³-hybridized carbons (Fsp3) is 0.750. The molecule has 1 aliphatic rings. The molecule has 1 heterocycles. The second-order valence-electron chi connectivity index (χ2n) is 3.02. The quantitative estimate of drug-likeness (QED) is 0.603. The first-order chi connectivity index (χ1) is 4.79. The van der Waals surface area contributed by atoms with E-state index in [2.05, 4.69) is 17.2 Å². The van der Waals surface area contributed by atoms with E-state index < -0.39 is 0 Å². The van der Waals surface area contributed by atoms with Gasteiger partial charge in [-0.2, -0.15) is 0 Å². The molecule has 1 unspecified atom stereocenters. The fourth-order valence-corrected chi connectivity index (χ4v) is 1.21. The minimum absolute atomic E-state index is 0.816. The summed E-state index contributed by atoms with van der Waals surface area (Å²) in [6, 6.07) is 0. The highest BCUT2D eigenvalue weighted by Crippen LogP contribution is 2.05. The van der Waals surface area contributed by atoms with E-state index in [4.69, 9.17) is 0 Å². The van der Waals surface area contributed by atoms with E-state index in [1.807, 2.05) is 6.92 Å². The summed E-state index contributed by atoms with van der Waals surface area (Å²) in [5, 5.41) is 6.58. The Balaban J connectivity index is 2.07. The molecule has 0 aromatic carbocycles. The maximum atomic E-state index is 3.78. The first kappa shape index (κ1) is 7.61. The highest BCUT2D eigenvalue weighted by molar-refractivity contribution is 4.86. The van der Waals surface area contributed by atoms with Gasteiger partial charge < -0.3 is 10.6 Å². The standard InChI is InChI=1S/C8H16N2/c1-7(2)10-6-8-3-4-9-5-8/h8-10H,1,3-6H2,2H3. The van der Waals surface area contributed by atoms with Gasteiger partial charge in [0.25, 0.3) is 0 Å². The van der Waals surface area contributed by atoms with Gasteiger partial charge in [-0.1, -0.05) is 6.58 Å². The molecule has 1 saturated heterocycles. The lowest BCUT2D eigenvalue weighted by Gasteiger charge is -2.09. The Bertz CT molecular complexity index is 114. The van der Waals surface area contributed by atoms with Gasteiger partial charge in [0.2, 0.25) is 0 Å². The summed E-state index contributed by atoms with van der Waals surface area (Å²) in [5.41, 5.74) is 1.08. The molecule has 0 radical (unpaired) electrons. The Morgan fingerprint density at radius 3 is 3.10 bits per heavy atom.